The first-order chi connectivity index (χ1) is 7.65. The molecule has 16 heavy (non-hydrogen) atoms. The summed E-state index contributed by atoms with van der Waals surface area (Å²) in [5.74, 6) is -0.928. The van der Waals surface area contributed by atoms with Gasteiger partial charge < -0.3 is 14.2 Å². The standard InChI is InChI=1S/C12H14O4/c1-8(13)12(15-3)11(14-2)9-6-4-5-7-10(9)16-12/h4-7,11H,1-3H3. The SMILES string of the molecule is COC1c2ccccc2OC1(OC)C(C)=O. The maximum Gasteiger partial charge on any atom is 0.301 e. The van der Waals surface area contributed by atoms with Gasteiger partial charge >= 0.3 is 5.79 Å². The van der Waals surface area contributed by atoms with Crippen molar-refractivity contribution >= 4 is 5.78 Å². The Labute approximate surface area is 94.1 Å². The molecule has 0 radical (unpaired) electrons. The van der Waals surface area contributed by atoms with Crippen LogP contribution in [0.4, 0.5) is 0 Å². The third kappa shape index (κ3) is 1.34. The van der Waals surface area contributed by atoms with Gasteiger partial charge in [0, 0.05) is 26.7 Å². The molecule has 0 aromatic heterocycles. The molecule has 2 unspecified atom stereocenters. The second-order valence-corrected chi connectivity index (χ2v) is 3.68. The first kappa shape index (κ1) is 11.1. The van der Waals surface area contributed by atoms with Crippen LogP contribution in [0.25, 0.3) is 0 Å². The Kier molecular flexibility index (Phi) is 2.69. The minimum Gasteiger partial charge on any atom is -0.452 e. The highest BCUT2D eigenvalue weighted by Crippen LogP contribution is 2.45. The highest BCUT2D eigenvalue weighted by Gasteiger charge is 2.53. The van der Waals surface area contributed by atoms with E-state index in [1.54, 1.807) is 6.07 Å². The van der Waals surface area contributed by atoms with Gasteiger partial charge in [0.15, 0.2) is 6.10 Å². The van der Waals surface area contributed by atoms with E-state index in [-0.39, 0.29) is 5.78 Å². The molecule has 0 saturated carbocycles. The van der Waals surface area contributed by atoms with Crippen molar-refractivity contribution in [2.24, 2.45) is 0 Å². The molecule has 4 nitrogen and oxygen atoms in total. The first-order valence-corrected chi connectivity index (χ1v) is 5.02. The monoisotopic (exact) mass is 222 g/mol. The summed E-state index contributed by atoms with van der Waals surface area (Å²) in [5, 5.41) is 0. The average molecular weight is 222 g/mol. The Morgan fingerprint density at radius 3 is 2.62 bits per heavy atom. The molecule has 0 amide bonds. The third-order valence-corrected chi connectivity index (χ3v) is 2.84. The van der Waals surface area contributed by atoms with E-state index in [1.807, 2.05) is 18.2 Å². The average Bonchev–Trinajstić information content (AvgIpc) is 2.63. The fourth-order valence-electron chi connectivity index (χ4n) is 2.04. The summed E-state index contributed by atoms with van der Waals surface area (Å²) in [6, 6.07) is 7.38. The number of carbonyl (C=O) groups is 1. The molecule has 1 aliphatic heterocycles. The maximum absolute atomic E-state index is 11.7. The maximum atomic E-state index is 11.7. The summed E-state index contributed by atoms with van der Waals surface area (Å²) in [5.41, 5.74) is 0.835. The van der Waals surface area contributed by atoms with Gasteiger partial charge in [0.1, 0.15) is 5.75 Å². The molecule has 2 rings (SSSR count). The summed E-state index contributed by atoms with van der Waals surface area (Å²) >= 11 is 0. The molecule has 0 saturated heterocycles. The van der Waals surface area contributed by atoms with Crippen molar-refractivity contribution in [3.8, 4) is 5.75 Å². The Balaban J connectivity index is 2.51. The summed E-state index contributed by atoms with van der Waals surface area (Å²) in [7, 11) is 2.98. The predicted molar refractivity (Wildman–Crippen MR) is 57.2 cm³/mol. The van der Waals surface area contributed by atoms with Gasteiger partial charge in [0.05, 0.1) is 0 Å². The normalized spacial score (nSPS) is 27.3. The molecule has 1 aromatic rings. The molecular formula is C12H14O4. The van der Waals surface area contributed by atoms with Crippen molar-refractivity contribution < 1.29 is 19.0 Å². The lowest BCUT2D eigenvalue weighted by Crippen LogP contribution is -2.47. The van der Waals surface area contributed by atoms with Crippen LogP contribution in [0.15, 0.2) is 24.3 Å². The number of hydrogen-bond acceptors (Lipinski definition) is 4. The summed E-state index contributed by atoms with van der Waals surface area (Å²) in [4.78, 5) is 11.7. The van der Waals surface area contributed by atoms with Gasteiger partial charge in [-0.1, -0.05) is 18.2 Å². The van der Waals surface area contributed by atoms with E-state index >= 15 is 0 Å². The number of Topliss-reactive ketones (excluding diaryl/α,β-unsaturated/α-hetero) is 1. The largest absolute Gasteiger partial charge is 0.452 e. The lowest BCUT2D eigenvalue weighted by atomic mass is 10.0. The number of methoxy groups -OCH3 is 2. The zero-order valence-electron chi connectivity index (χ0n) is 9.52. The molecule has 2 atom stereocenters. The van der Waals surface area contributed by atoms with Gasteiger partial charge in [-0.05, 0) is 6.07 Å². The number of ether oxygens (including phenoxy) is 3. The number of ketones is 1. The highest BCUT2D eigenvalue weighted by molar-refractivity contribution is 5.86. The Morgan fingerprint density at radius 2 is 2.06 bits per heavy atom. The number of hydrogen-bond donors (Lipinski definition) is 0. The molecule has 86 valence electrons. The van der Waals surface area contributed by atoms with Crippen molar-refractivity contribution in [2.75, 3.05) is 14.2 Å². The van der Waals surface area contributed by atoms with Gasteiger partial charge in [-0.3, -0.25) is 4.79 Å². The Hall–Kier alpha value is -1.39. The Bertz CT molecular complexity index is 415. The van der Waals surface area contributed by atoms with Crippen LogP contribution in [0.3, 0.4) is 0 Å². The van der Waals surface area contributed by atoms with E-state index < -0.39 is 11.9 Å². The molecule has 4 heteroatoms. The topological polar surface area (TPSA) is 44.8 Å². The Morgan fingerprint density at radius 1 is 1.38 bits per heavy atom. The predicted octanol–water partition coefficient (Wildman–Crippen LogP) is 1.70. The quantitative estimate of drug-likeness (QED) is 0.780. The van der Waals surface area contributed by atoms with E-state index in [0.29, 0.717) is 5.75 Å². The van der Waals surface area contributed by atoms with Gasteiger partial charge in [0.2, 0.25) is 5.78 Å². The second-order valence-electron chi connectivity index (χ2n) is 3.68. The van der Waals surface area contributed by atoms with Crippen molar-refractivity contribution in [3.05, 3.63) is 29.8 Å². The third-order valence-electron chi connectivity index (χ3n) is 2.84. The minimum absolute atomic E-state index is 0.210. The molecule has 1 heterocycles. The van der Waals surface area contributed by atoms with Gasteiger partial charge in [-0.25, -0.2) is 0 Å². The second kappa shape index (κ2) is 3.88. The number of fused-ring (bicyclic) bond motifs is 1. The summed E-state index contributed by atoms with van der Waals surface area (Å²) in [6.45, 7) is 1.43. The molecular weight excluding hydrogens is 208 g/mol. The number of benzene rings is 1. The van der Waals surface area contributed by atoms with Crippen molar-refractivity contribution in [2.45, 2.75) is 18.8 Å². The highest BCUT2D eigenvalue weighted by atomic mass is 16.7. The van der Waals surface area contributed by atoms with E-state index in [1.165, 1.54) is 21.1 Å². The van der Waals surface area contributed by atoms with Gasteiger partial charge in [-0.15, -0.1) is 0 Å². The molecule has 0 bridgehead atoms. The molecule has 0 fully saturated rings. The number of para-hydroxylation sites is 1. The molecule has 0 aliphatic carbocycles. The summed E-state index contributed by atoms with van der Waals surface area (Å²) in [6.07, 6.45) is -0.522. The molecule has 0 spiro atoms. The van der Waals surface area contributed by atoms with Crippen LogP contribution in [0.2, 0.25) is 0 Å². The fraction of sp³-hybridized carbons (Fsp3) is 0.417. The van der Waals surface area contributed by atoms with E-state index in [9.17, 15) is 4.79 Å². The van der Waals surface area contributed by atoms with Gasteiger partial charge in [-0.2, -0.15) is 0 Å². The number of carbonyl (C=O) groups excluding carboxylic acids is 1. The zero-order valence-corrected chi connectivity index (χ0v) is 9.52. The first-order valence-electron chi connectivity index (χ1n) is 5.02. The van der Waals surface area contributed by atoms with Crippen LogP contribution in [-0.2, 0) is 14.3 Å². The van der Waals surface area contributed by atoms with E-state index in [0.717, 1.165) is 5.56 Å². The van der Waals surface area contributed by atoms with Crippen LogP contribution < -0.4 is 4.74 Å². The lowest BCUT2D eigenvalue weighted by molar-refractivity contribution is -0.212. The van der Waals surface area contributed by atoms with Crippen LogP contribution in [0.5, 0.6) is 5.75 Å². The lowest BCUT2D eigenvalue weighted by Gasteiger charge is -2.29. The van der Waals surface area contributed by atoms with Crippen LogP contribution in [0, 0.1) is 0 Å². The molecule has 1 aliphatic rings. The van der Waals surface area contributed by atoms with Crippen LogP contribution in [-0.4, -0.2) is 25.8 Å². The fourth-order valence-corrected chi connectivity index (χ4v) is 2.04. The van der Waals surface area contributed by atoms with E-state index in [2.05, 4.69) is 0 Å². The molecule has 1 aromatic carbocycles. The zero-order chi connectivity index (χ0) is 11.8. The number of rotatable bonds is 3. The van der Waals surface area contributed by atoms with Crippen LogP contribution >= 0.6 is 0 Å². The van der Waals surface area contributed by atoms with Crippen molar-refractivity contribution in [1.29, 1.82) is 0 Å². The van der Waals surface area contributed by atoms with E-state index in [4.69, 9.17) is 14.2 Å². The van der Waals surface area contributed by atoms with Crippen molar-refractivity contribution in [3.63, 3.8) is 0 Å². The molecule has 0 N–H and O–H groups in total. The minimum atomic E-state index is -1.35. The van der Waals surface area contributed by atoms with Gasteiger partial charge in [0.25, 0.3) is 0 Å². The smallest absolute Gasteiger partial charge is 0.301 e. The van der Waals surface area contributed by atoms with Crippen molar-refractivity contribution in [1.82, 2.24) is 0 Å². The van der Waals surface area contributed by atoms with Crippen LogP contribution in [0.1, 0.15) is 18.6 Å². The summed E-state index contributed by atoms with van der Waals surface area (Å²) < 4.78 is 16.2.